The second-order valence-corrected chi connectivity index (χ2v) is 10.4. The van der Waals surface area contributed by atoms with Crippen molar-refractivity contribution in [2.45, 2.75) is 6.42 Å². The van der Waals surface area contributed by atoms with Gasteiger partial charge in [-0.2, -0.15) is 0 Å². The first kappa shape index (κ1) is 26.5. The van der Waals surface area contributed by atoms with Gasteiger partial charge in [-0.3, -0.25) is 24.2 Å². The van der Waals surface area contributed by atoms with Crippen LogP contribution >= 0.6 is 24.0 Å². The number of ether oxygens (including phenoxy) is 2. The largest absolute Gasteiger partial charge is 0.497 e. The summed E-state index contributed by atoms with van der Waals surface area (Å²) < 4.78 is 11.0. The fraction of sp³-hybridized carbons (Fsp3) is 0.172. The van der Waals surface area contributed by atoms with Crippen molar-refractivity contribution in [3.05, 3.63) is 88.8 Å². The lowest BCUT2D eigenvalue weighted by atomic mass is 10.1. The molecule has 2 heterocycles. The van der Waals surface area contributed by atoms with Crippen molar-refractivity contribution < 1.29 is 23.9 Å². The van der Waals surface area contributed by atoms with Crippen LogP contribution in [0.25, 0.3) is 5.57 Å². The molecule has 198 valence electrons. The number of rotatable bonds is 8. The summed E-state index contributed by atoms with van der Waals surface area (Å²) >= 11 is 6.65. The molecule has 0 unspecified atom stereocenters. The zero-order chi connectivity index (χ0) is 27.5. The number of para-hydroxylation sites is 1. The van der Waals surface area contributed by atoms with Crippen LogP contribution in [-0.2, 0) is 20.8 Å². The maximum atomic E-state index is 13.7. The highest BCUT2D eigenvalue weighted by Gasteiger charge is 2.42. The first-order chi connectivity index (χ1) is 18.9. The molecule has 39 heavy (non-hydrogen) atoms. The number of amides is 3. The number of nitrogens with one attached hydrogen (secondary N) is 1. The summed E-state index contributed by atoms with van der Waals surface area (Å²) in [7, 11) is 3.03. The number of thiocarbonyl (C=S) groups is 1. The quantitative estimate of drug-likeness (QED) is 0.321. The maximum Gasteiger partial charge on any atom is 0.267 e. The lowest BCUT2D eigenvalue weighted by molar-refractivity contribution is -0.122. The highest BCUT2D eigenvalue weighted by Crippen LogP contribution is 2.44. The zero-order valence-corrected chi connectivity index (χ0v) is 22.9. The summed E-state index contributed by atoms with van der Waals surface area (Å²) in [6, 6.07) is 22.0. The third-order valence-electron chi connectivity index (χ3n) is 6.45. The van der Waals surface area contributed by atoms with Gasteiger partial charge in [0.25, 0.3) is 11.8 Å². The highest BCUT2D eigenvalue weighted by molar-refractivity contribution is 8.26. The number of carbonyl (C=O) groups is 3. The molecule has 1 N–H and O–H groups in total. The van der Waals surface area contributed by atoms with Crippen molar-refractivity contribution in [1.82, 2.24) is 4.90 Å². The number of benzene rings is 3. The molecule has 2 aliphatic heterocycles. The number of hydrogen-bond donors (Lipinski definition) is 1. The van der Waals surface area contributed by atoms with Crippen LogP contribution in [0.2, 0.25) is 0 Å². The molecule has 0 aromatic heterocycles. The summed E-state index contributed by atoms with van der Waals surface area (Å²) in [5.74, 6) is -0.127. The van der Waals surface area contributed by atoms with Crippen molar-refractivity contribution in [3.63, 3.8) is 0 Å². The van der Waals surface area contributed by atoms with Gasteiger partial charge < -0.3 is 14.8 Å². The fourth-order valence-electron chi connectivity index (χ4n) is 4.52. The number of hydrogen-bond acceptors (Lipinski definition) is 7. The lowest BCUT2D eigenvalue weighted by Crippen LogP contribution is -2.35. The summed E-state index contributed by atoms with van der Waals surface area (Å²) in [6.07, 6.45) is 0.640. The van der Waals surface area contributed by atoms with Gasteiger partial charge in [-0.25, -0.2) is 0 Å². The van der Waals surface area contributed by atoms with Crippen LogP contribution in [0.5, 0.6) is 11.5 Å². The molecule has 1 saturated heterocycles. The molecule has 0 atom stereocenters. The van der Waals surface area contributed by atoms with Gasteiger partial charge in [0, 0.05) is 18.2 Å². The summed E-state index contributed by atoms with van der Waals surface area (Å²) in [6.45, 7) is 0.167. The molecule has 0 radical (unpaired) electrons. The zero-order valence-electron chi connectivity index (χ0n) is 21.3. The van der Waals surface area contributed by atoms with E-state index in [1.807, 2.05) is 30.3 Å². The normalized spacial score (nSPS) is 16.5. The molecule has 0 aliphatic carbocycles. The topological polar surface area (TPSA) is 88.2 Å². The van der Waals surface area contributed by atoms with E-state index >= 15 is 0 Å². The van der Waals surface area contributed by atoms with E-state index in [1.54, 1.807) is 42.5 Å². The molecule has 8 nitrogen and oxygen atoms in total. The molecule has 3 aromatic rings. The van der Waals surface area contributed by atoms with Gasteiger partial charge in [0.1, 0.15) is 22.4 Å². The third kappa shape index (κ3) is 5.25. The Bertz CT molecular complexity index is 1510. The van der Waals surface area contributed by atoms with Crippen molar-refractivity contribution >= 4 is 63.0 Å². The molecule has 0 spiro atoms. The first-order valence-electron chi connectivity index (χ1n) is 12.2. The minimum atomic E-state index is -0.420. The average Bonchev–Trinajstić information content (AvgIpc) is 3.39. The van der Waals surface area contributed by atoms with Crippen LogP contribution < -0.4 is 19.7 Å². The lowest BCUT2D eigenvalue weighted by Gasteiger charge is -2.18. The van der Waals surface area contributed by atoms with E-state index < -0.39 is 11.8 Å². The Balaban J connectivity index is 1.38. The number of methoxy groups -OCH3 is 2. The predicted molar refractivity (Wildman–Crippen MR) is 156 cm³/mol. The molecule has 5 rings (SSSR count). The van der Waals surface area contributed by atoms with Crippen molar-refractivity contribution in [1.29, 1.82) is 0 Å². The minimum Gasteiger partial charge on any atom is -0.497 e. The summed E-state index contributed by atoms with van der Waals surface area (Å²) in [4.78, 5) is 43.4. The number of carbonyl (C=O) groups excluding carboxylic acids is 3. The fourth-order valence-corrected chi connectivity index (χ4v) is 5.90. The molecule has 3 amide bonds. The molecule has 0 saturated carbocycles. The number of fused-ring (bicyclic) bond motifs is 1. The van der Waals surface area contributed by atoms with Crippen LogP contribution in [-0.4, -0.2) is 54.3 Å². The highest BCUT2D eigenvalue weighted by atomic mass is 32.2. The van der Waals surface area contributed by atoms with E-state index in [2.05, 4.69) is 5.32 Å². The monoisotopic (exact) mass is 559 g/mol. The Morgan fingerprint density at radius 1 is 0.923 bits per heavy atom. The van der Waals surface area contributed by atoms with Gasteiger partial charge >= 0.3 is 0 Å². The molecular formula is C29H25N3O5S2. The summed E-state index contributed by atoms with van der Waals surface area (Å²) in [5.41, 5.74) is 2.96. The van der Waals surface area contributed by atoms with Crippen molar-refractivity contribution in [2.24, 2.45) is 0 Å². The Morgan fingerprint density at radius 3 is 2.41 bits per heavy atom. The van der Waals surface area contributed by atoms with Gasteiger partial charge in [0.15, 0.2) is 0 Å². The van der Waals surface area contributed by atoms with Gasteiger partial charge in [-0.15, -0.1) is 0 Å². The second kappa shape index (κ2) is 11.3. The first-order valence-corrected chi connectivity index (χ1v) is 13.4. The van der Waals surface area contributed by atoms with Gasteiger partial charge in [-0.05, 0) is 30.2 Å². The minimum absolute atomic E-state index is 0.247. The average molecular weight is 560 g/mol. The van der Waals surface area contributed by atoms with E-state index in [0.29, 0.717) is 45.7 Å². The number of nitrogens with zero attached hydrogens (tertiary/aromatic N) is 2. The van der Waals surface area contributed by atoms with Crippen molar-refractivity contribution in [3.8, 4) is 11.5 Å². The van der Waals surface area contributed by atoms with Gasteiger partial charge in [0.2, 0.25) is 5.91 Å². The number of thioether (sulfide) groups is 1. The van der Waals surface area contributed by atoms with E-state index in [1.165, 1.54) is 24.0 Å². The van der Waals surface area contributed by atoms with Crippen LogP contribution in [0.1, 0.15) is 11.1 Å². The molecular weight excluding hydrogens is 534 g/mol. The molecule has 1 fully saturated rings. The summed E-state index contributed by atoms with van der Waals surface area (Å²) in [5, 5.41) is 2.80. The van der Waals surface area contributed by atoms with E-state index in [4.69, 9.17) is 21.7 Å². The predicted octanol–water partition coefficient (Wildman–Crippen LogP) is 4.50. The third-order valence-corrected chi connectivity index (χ3v) is 7.90. The smallest absolute Gasteiger partial charge is 0.267 e. The van der Waals surface area contributed by atoms with Crippen LogP contribution in [0.4, 0.5) is 11.4 Å². The molecule has 0 bridgehead atoms. The maximum absolute atomic E-state index is 13.7. The van der Waals surface area contributed by atoms with E-state index in [9.17, 15) is 14.4 Å². The molecule has 10 heteroatoms. The van der Waals surface area contributed by atoms with Crippen LogP contribution in [0.15, 0.2) is 77.7 Å². The molecule has 2 aliphatic rings. The Kier molecular flexibility index (Phi) is 7.67. The van der Waals surface area contributed by atoms with Gasteiger partial charge in [0.05, 0.1) is 36.1 Å². The van der Waals surface area contributed by atoms with Crippen LogP contribution in [0.3, 0.4) is 0 Å². The molecule has 3 aromatic carbocycles. The Labute approximate surface area is 235 Å². The standard InChI is InChI=1S/C29H25N3O5S2/c1-36-19-12-13-21(23(16-19)37-2)30-24(33)17-32-22-11-7-6-10-20(22)25(27(32)34)26-28(35)31(29(38)39-26)15-14-18-8-4-3-5-9-18/h3-13,16H,14-15,17H2,1-2H3,(H,30,33). The Hall–Kier alpha value is -4.15. The Morgan fingerprint density at radius 2 is 1.67 bits per heavy atom. The van der Waals surface area contributed by atoms with E-state index in [0.717, 1.165) is 17.3 Å². The van der Waals surface area contributed by atoms with Gasteiger partial charge in [-0.1, -0.05) is 72.5 Å². The van der Waals surface area contributed by atoms with Crippen LogP contribution in [0, 0.1) is 0 Å². The SMILES string of the molecule is COc1ccc(NC(=O)CN2C(=O)C(=C3SC(=S)N(CCc4ccccc4)C3=O)c3ccccc32)c(OC)c1. The number of anilines is 2. The van der Waals surface area contributed by atoms with Crippen molar-refractivity contribution in [2.75, 3.05) is 37.5 Å². The second-order valence-electron chi connectivity index (χ2n) is 8.79. The van der Waals surface area contributed by atoms with E-state index in [-0.39, 0.29) is 22.9 Å².